The first kappa shape index (κ1) is 21.5. The largest absolute Gasteiger partial charge is 0.454 e. The van der Waals surface area contributed by atoms with E-state index in [4.69, 9.17) is 4.74 Å². The molecule has 0 fully saturated rings. The average molecular weight is 381 g/mol. The van der Waals surface area contributed by atoms with E-state index in [0.717, 1.165) is 17.5 Å². The Kier molecular flexibility index (Phi) is 7.64. The summed E-state index contributed by atoms with van der Waals surface area (Å²) in [6, 6.07) is 18.0. The highest BCUT2D eigenvalue weighted by Gasteiger charge is 2.31. The van der Waals surface area contributed by atoms with E-state index in [2.05, 4.69) is 5.32 Å². The number of carbonyl (C=O) groups is 3. The summed E-state index contributed by atoms with van der Waals surface area (Å²) in [7, 11) is 0. The van der Waals surface area contributed by atoms with Gasteiger partial charge in [-0.05, 0) is 44.7 Å². The zero-order valence-corrected chi connectivity index (χ0v) is 16.6. The van der Waals surface area contributed by atoms with Crippen LogP contribution in [0.15, 0.2) is 60.7 Å². The summed E-state index contributed by atoms with van der Waals surface area (Å²) in [5, 5.41) is 3.04. The second-order valence-electron chi connectivity index (χ2n) is 7.63. The molecule has 0 aliphatic carbocycles. The first-order chi connectivity index (χ1) is 13.3. The fourth-order valence-electron chi connectivity index (χ4n) is 2.84. The molecule has 0 saturated carbocycles. The molecule has 0 aliphatic heterocycles. The number of benzene rings is 2. The van der Waals surface area contributed by atoms with Gasteiger partial charge >= 0.3 is 5.97 Å². The van der Waals surface area contributed by atoms with Crippen molar-refractivity contribution in [3.63, 3.8) is 0 Å². The fraction of sp³-hybridized carbons (Fsp3) is 0.348. The lowest BCUT2D eigenvalue weighted by Crippen LogP contribution is -2.45. The van der Waals surface area contributed by atoms with E-state index in [1.165, 1.54) is 0 Å². The minimum Gasteiger partial charge on any atom is -0.454 e. The monoisotopic (exact) mass is 381 g/mol. The summed E-state index contributed by atoms with van der Waals surface area (Å²) in [6.07, 6.45) is 1.89. The topological polar surface area (TPSA) is 72.5 Å². The molecule has 2 atom stereocenters. The second kappa shape index (κ2) is 9.95. The first-order valence-electron chi connectivity index (χ1n) is 9.37. The molecule has 1 N–H and O–H groups in total. The van der Waals surface area contributed by atoms with Crippen LogP contribution in [0.3, 0.4) is 0 Å². The van der Waals surface area contributed by atoms with Gasteiger partial charge in [-0.25, -0.2) is 4.79 Å². The summed E-state index contributed by atoms with van der Waals surface area (Å²) < 4.78 is 5.11. The Balaban J connectivity index is 2.14. The highest BCUT2D eigenvalue weighted by Crippen LogP contribution is 2.20. The van der Waals surface area contributed by atoms with E-state index >= 15 is 0 Å². The lowest BCUT2D eigenvalue weighted by molar-refractivity contribution is -0.163. The maximum absolute atomic E-state index is 12.4. The number of Topliss-reactive ketones (excluding diaryl/α,β-unsaturated/α-hetero) is 1. The van der Waals surface area contributed by atoms with Crippen molar-refractivity contribution in [2.75, 3.05) is 0 Å². The Morgan fingerprint density at radius 3 is 2.11 bits per heavy atom. The molecule has 28 heavy (non-hydrogen) atoms. The third kappa shape index (κ3) is 6.74. The number of ketones is 1. The van der Waals surface area contributed by atoms with E-state index in [-0.39, 0.29) is 6.04 Å². The lowest BCUT2D eigenvalue weighted by Gasteiger charge is -2.24. The van der Waals surface area contributed by atoms with Gasteiger partial charge in [-0.3, -0.25) is 10.1 Å². The molecular weight excluding hydrogens is 354 g/mol. The average Bonchev–Trinajstić information content (AvgIpc) is 2.68. The van der Waals surface area contributed by atoms with Crippen LogP contribution in [0.25, 0.3) is 0 Å². The predicted octanol–water partition coefficient (Wildman–Crippen LogP) is 3.43. The summed E-state index contributed by atoms with van der Waals surface area (Å²) >= 11 is 0. The molecule has 5 nitrogen and oxygen atoms in total. The zero-order chi connectivity index (χ0) is 20.6. The molecule has 0 radical (unpaired) electrons. The molecule has 5 heteroatoms. The van der Waals surface area contributed by atoms with Crippen molar-refractivity contribution in [1.82, 2.24) is 5.32 Å². The quantitative estimate of drug-likeness (QED) is 0.312. The molecule has 148 valence electrons. The summed E-state index contributed by atoms with van der Waals surface area (Å²) in [6.45, 7) is 5.02. The normalized spacial score (nSPS) is 13.4. The number of rotatable bonds is 9. The highest BCUT2D eigenvalue weighted by atomic mass is 16.6. The molecule has 0 saturated heterocycles. The molecule has 2 rings (SSSR count). The number of hydrogen-bond acceptors (Lipinski definition) is 5. The minimum atomic E-state index is -1.25. The molecule has 0 aliphatic rings. The first-order valence-corrected chi connectivity index (χ1v) is 9.37. The Morgan fingerprint density at radius 2 is 1.57 bits per heavy atom. The van der Waals surface area contributed by atoms with Gasteiger partial charge in [-0.2, -0.15) is 0 Å². The fourth-order valence-corrected chi connectivity index (χ4v) is 2.84. The van der Waals surface area contributed by atoms with Crippen LogP contribution in [0, 0.1) is 0 Å². The second-order valence-corrected chi connectivity index (χ2v) is 7.63. The molecule has 0 heterocycles. The van der Waals surface area contributed by atoms with Gasteiger partial charge < -0.3 is 9.53 Å². The molecular formula is C23H27NO4. The van der Waals surface area contributed by atoms with Gasteiger partial charge in [0.25, 0.3) is 5.78 Å². The molecule has 0 bridgehead atoms. The van der Waals surface area contributed by atoms with Gasteiger partial charge in [-0.15, -0.1) is 0 Å². The molecule has 0 aromatic heterocycles. The van der Waals surface area contributed by atoms with Crippen molar-refractivity contribution in [2.24, 2.45) is 0 Å². The highest BCUT2D eigenvalue weighted by molar-refractivity contribution is 6.38. The number of ether oxygens (including phenoxy) is 1. The van der Waals surface area contributed by atoms with Crippen molar-refractivity contribution in [3.8, 4) is 0 Å². The van der Waals surface area contributed by atoms with E-state index in [1.807, 2.05) is 60.7 Å². The minimum absolute atomic E-state index is 0.261. The van der Waals surface area contributed by atoms with Crippen LogP contribution in [0.5, 0.6) is 0 Å². The molecule has 2 aromatic carbocycles. The van der Waals surface area contributed by atoms with Crippen LogP contribution in [0.4, 0.5) is 0 Å². The molecule has 2 aromatic rings. The van der Waals surface area contributed by atoms with Crippen LogP contribution >= 0.6 is 0 Å². The summed E-state index contributed by atoms with van der Waals surface area (Å²) in [4.78, 5) is 36.1. The van der Waals surface area contributed by atoms with Crippen LogP contribution < -0.4 is 5.32 Å². The molecule has 0 spiro atoms. The maximum atomic E-state index is 12.4. The zero-order valence-electron chi connectivity index (χ0n) is 16.6. The third-order valence-electron chi connectivity index (χ3n) is 4.17. The number of hydrogen-bond donors (Lipinski definition) is 1. The number of nitrogens with one attached hydrogen (secondary N) is 1. The van der Waals surface area contributed by atoms with Gasteiger partial charge in [0, 0.05) is 6.04 Å². The van der Waals surface area contributed by atoms with Gasteiger partial charge in [0.05, 0.1) is 0 Å². The van der Waals surface area contributed by atoms with Crippen LogP contribution in [0.1, 0.15) is 44.4 Å². The summed E-state index contributed by atoms with van der Waals surface area (Å²) in [5.41, 5.74) is 1.31. The predicted molar refractivity (Wildman–Crippen MR) is 108 cm³/mol. The van der Waals surface area contributed by atoms with E-state index in [9.17, 15) is 14.4 Å². The molecule has 2 unspecified atom stereocenters. The SMILES string of the molecule is CC(C)(C)OC(=O)C(=O)C(C=O)NC(CCc1ccccc1)c1ccccc1. The van der Waals surface area contributed by atoms with Crippen molar-refractivity contribution < 1.29 is 19.1 Å². The van der Waals surface area contributed by atoms with Gasteiger partial charge in [0.1, 0.15) is 17.9 Å². The maximum Gasteiger partial charge on any atom is 0.377 e. The Bertz CT molecular complexity index is 781. The van der Waals surface area contributed by atoms with Crippen LogP contribution in [-0.4, -0.2) is 29.7 Å². The number of aryl methyl sites for hydroxylation is 1. The Morgan fingerprint density at radius 1 is 1.00 bits per heavy atom. The number of aldehydes is 1. The molecule has 0 amide bonds. The van der Waals surface area contributed by atoms with Gasteiger partial charge in [0.2, 0.25) is 0 Å². The third-order valence-corrected chi connectivity index (χ3v) is 4.17. The van der Waals surface area contributed by atoms with Crippen LogP contribution in [0.2, 0.25) is 0 Å². The van der Waals surface area contributed by atoms with Gasteiger partial charge in [-0.1, -0.05) is 60.7 Å². The van der Waals surface area contributed by atoms with Crippen molar-refractivity contribution in [3.05, 3.63) is 71.8 Å². The summed E-state index contributed by atoms with van der Waals surface area (Å²) in [5.74, 6) is -1.89. The Hall–Kier alpha value is -2.79. The van der Waals surface area contributed by atoms with Gasteiger partial charge in [0.15, 0.2) is 0 Å². The standard InChI is InChI=1S/C23H27NO4/c1-23(2,3)28-22(27)21(26)20(16-25)24-19(18-12-8-5-9-13-18)15-14-17-10-6-4-7-11-17/h4-13,16,19-20,24H,14-15H2,1-3H3. The number of carbonyl (C=O) groups excluding carboxylic acids is 3. The van der Waals surface area contributed by atoms with Crippen LogP contribution in [-0.2, 0) is 25.5 Å². The van der Waals surface area contributed by atoms with E-state index < -0.39 is 23.4 Å². The smallest absolute Gasteiger partial charge is 0.377 e. The van der Waals surface area contributed by atoms with E-state index in [0.29, 0.717) is 12.7 Å². The van der Waals surface area contributed by atoms with E-state index in [1.54, 1.807) is 20.8 Å². The Labute approximate surface area is 166 Å². The van der Waals surface area contributed by atoms with Crippen molar-refractivity contribution in [1.29, 1.82) is 0 Å². The number of esters is 1. The lowest BCUT2D eigenvalue weighted by atomic mass is 9.97. The van der Waals surface area contributed by atoms with Crippen molar-refractivity contribution in [2.45, 2.75) is 51.3 Å². The van der Waals surface area contributed by atoms with Crippen molar-refractivity contribution >= 4 is 18.0 Å².